The van der Waals surface area contributed by atoms with Crippen molar-refractivity contribution in [1.82, 2.24) is 9.55 Å². The van der Waals surface area contributed by atoms with E-state index in [1.54, 1.807) is 54.1 Å². The number of benzene rings is 3. The highest BCUT2D eigenvalue weighted by Crippen LogP contribution is 2.35. The third-order valence-corrected chi connectivity index (χ3v) is 6.69. The van der Waals surface area contributed by atoms with Gasteiger partial charge in [-0.3, -0.25) is 19.0 Å². The lowest BCUT2D eigenvalue weighted by molar-refractivity contribution is -0.115. The SMILES string of the molecule is COCCn1c(S[C@H](C(=O)Nc2cccc(C(C)=O)c2)c2ccccc2)nc2ccccc2c1=O. The Kier molecular flexibility index (Phi) is 7.74. The summed E-state index contributed by atoms with van der Waals surface area (Å²) in [4.78, 5) is 43.3. The highest BCUT2D eigenvalue weighted by Gasteiger charge is 2.25. The molecule has 0 aliphatic carbocycles. The fourth-order valence-corrected chi connectivity index (χ4v) is 4.77. The van der Waals surface area contributed by atoms with Gasteiger partial charge in [-0.1, -0.05) is 66.4 Å². The van der Waals surface area contributed by atoms with Crippen LogP contribution in [0.5, 0.6) is 0 Å². The Balaban J connectivity index is 1.74. The van der Waals surface area contributed by atoms with Crippen LogP contribution >= 0.6 is 11.8 Å². The van der Waals surface area contributed by atoms with Crippen molar-refractivity contribution in [3.63, 3.8) is 0 Å². The molecule has 1 N–H and O–H groups in total. The van der Waals surface area contributed by atoms with Gasteiger partial charge in [-0.2, -0.15) is 0 Å². The minimum atomic E-state index is -0.695. The molecule has 178 valence electrons. The number of anilines is 1. The zero-order valence-electron chi connectivity index (χ0n) is 19.4. The molecule has 1 aromatic heterocycles. The summed E-state index contributed by atoms with van der Waals surface area (Å²) in [6.07, 6.45) is 0. The van der Waals surface area contributed by atoms with Crippen LogP contribution < -0.4 is 10.9 Å². The van der Waals surface area contributed by atoms with Gasteiger partial charge in [0.05, 0.1) is 24.1 Å². The van der Waals surface area contributed by atoms with Crippen molar-refractivity contribution in [2.75, 3.05) is 19.0 Å². The summed E-state index contributed by atoms with van der Waals surface area (Å²) >= 11 is 1.20. The van der Waals surface area contributed by atoms with Gasteiger partial charge in [0, 0.05) is 18.4 Å². The van der Waals surface area contributed by atoms with E-state index in [4.69, 9.17) is 9.72 Å². The largest absolute Gasteiger partial charge is 0.383 e. The summed E-state index contributed by atoms with van der Waals surface area (Å²) in [6, 6.07) is 23.3. The van der Waals surface area contributed by atoms with Gasteiger partial charge in [-0.15, -0.1) is 0 Å². The summed E-state index contributed by atoms with van der Waals surface area (Å²) in [7, 11) is 1.57. The van der Waals surface area contributed by atoms with Crippen LogP contribution in [0.25, 0.3) is 10.9 Å². The fraction of sp³-hybridized carbons (Fsp3) is 0.185. The van der Waals surface area contributed by atoms with E-state index in [-0.39, 0.29) is 17.2 Å². The monoisotopic (exact) mass is 487 g/mol. The number of methoxy groups -OCH3 is 1. The van der Waals surface area contributed by atoms with Crippen molar-refractivity contribution in [3.8, 4) is 0 Å². The van der Waals surface area contributed by atoms with Crippen LogP contribution in [0.15, 0.2) is 88.8 Å². The first-order valence-corrected chi connectivity index (χ1v) is 12.0. The molecule has 0 bridgehead atoms. The predicted octanol–water partition coefficient (Wildman–Crippen LogP) is 4.72. The molecular formula is C27H25N3O4S. The topological polar surface area (TPSA) is 90.3 Å². The lowest BCUT2D eigenvalue weighted by atomic mass is 10.1. The number of ether oxygens (including phenoxy) is 1. The number of ketones is 1. The second-order valence-electron chi connectivity index (χ2n) is 7.90. The van der Waals surface area contributed by atoms with Crippen LogP contribution in [-0.2, 0) is 16.1 Å². The molecule has 4 rings (SSSR count). The molecule has 1 atom stereocenters. The second kappa shape index (κ2) is 11.1. The van der Waals surface area contributed by atoms with E-state index in [2.05, 4.69) is 5.32 Å². The standard InChI is InChI=1S/C27H25N3O4S/c1-18(31)20-11-8-12-21(17-20)28-25(32)24(19-9-4-3-5-10-19)35-27-29-23-14-7-6-13-22(23)26(33)30(27)15-16-34-2/h3-14,17,24H,15-16H2,1-2H3,(H,28,32)/t24-/m0/s1. The first kappa shape index (κ1) is 24.4. The molecule has 0 unspecified atom stereocenters. The summed E-state index contributed by atoms with van der Waals surface area (Å²) in [5.74, 6) is -0.375. The molecule has 0 radical (unpaired) electrons. The molecule has 7 nitrogen and oxygen atoms in total. The highest BCUT2D eigenvalue weighted by molar-refractivity contribution is 8.00. The maximum absolute atomic E-state index is 13.5. The van der Waals surface area contributed by atoms with Crippen molar-refractivity contribution in [3.05, 3.63) is 100 Å². The Labute approximate surface area is 207 Å². The van der Waals surface area contributed by atoms with Gasteiger partial charge in [0.1, 0.15) is 5.25 Å². The first-order valence-electron chi connectivity index (χ1n) is 11.1. The van der Waals surface area contributed by atoms with Crippen molar-refractivity contribution < 1.29 is 14.3 Å². The lowest BCUT2D eigenvalue weighted by Crippen LogP contribution is -2.26. The Bertz CT molecular complexity index is 1420. The number of nitrogens with zero attached hydrogens (tertiary/aromatic N) is 2. The summed E-state index contributed by atoms with van der Waals surface area (Å²) < 4.78 is 6.76. The van der Waals surface area contributed by atoms with E-state index in [1.165, 1.54) is 18.7 Å². The maximum Gasteiger partial charge on any atom is 0.262 e. The number of Topliss-reactive ketones (excluding diaryl/α,β-unsaturated/α-hetero) is 1. The molecule has 0 saturated heterocycles. The number of carbonyl (C=O) groups excluding carboxylic acids is 2. The van der Waals surface area contributed by atoms with Crippen LogP contribution in [-0.4, -0.2) is 35.0 Å². The minimum absolute atomic E-state index is 0.0855. The molecular weight excluding hydrogens is 462 g/mol. The zero-order chi connectivity index (χ0) is 24.8. The molecule has 0 saturated carbocycles. The van der Waals surface area contributed by atoms with Crippen molar-refractivity contribution in [1.29, 1.82) is 0 Å². The fourth-order valence-electron chi connectivity index (χ4n) is 3.65. The van der Waals surface area contributed by atoms with Gasteiger partial charge < -0.3 is 10.1 Å². The Morgan fingerprint density at radius 3 is 2.51 bits per heavy atom. The smallest absolute Gasteiger partial charge is 0.262 e. The quantitative estimate of drug-likeness (QED) is 0.209. The van der Waals surface area contributed by atoms with Gasteiger partial charge in [0.15, 0.2) is 10.9 Å². The number of thioether (sulfide) groups is 1. The van der Waals surface area contributed by atoms with Crippen LogP contribution in [0.3, 0.4) is 0 Å². The van der Waals surface area contributed by atoms with Crippen molar-refractivity contribution >= 4 is 40.0 Å². The molecule has 1 amide bonds. The normalized spacial score (nSPS) is 11.8. The van der Waals surface area contributed by atoms with Crippen molar-refractivity contribution in [2.24, 2.45) is 0 Å². The summed E-state index contributed by atoms with van der Waals surface area (Å²) in [5, 5.41) is 3.16. The van der Waals surface area contributed by atoms with E-state index in [1.807, 2.05) is 36.4 Å². The third-order valence-electron chi connectivity index (χ3n) is 5.45. The van der Waals surface area contributed by atoms with Gasteiger partial charge >= 0.3 is 0 Å². The Hall–Kier alpha value is -3.75. The van der Waals surface area contributed by atoms with Crippen LogP contribution in [0.1, 0.15) is 28.1 Å². The number of nitrogens with one attached hydrogen (secondary N) is 1. The average Bonchev–Trinajstić information content (AvgIpc) is 2.87. The molecule has 0 aliphatic rings. The molecule has 8 heteroatoms. The zero-order valence-corrected chi connectivity index (χ0v) is 20.2. The van der Waals surface area contributed by atoms with E-state index in [0.717, 1.165) is 5.56 Å². The predicted molar refractivity (Wildman–Crippen MR) is 138 cm³/mol. The third kappa shape index (κ3) is 5.67. The maximum atomic E-state index is 13.5. The molecule has 0 aliphatic heterocycles. The second-order valence-corrected chi connectivity index (χ2v) is 8.97. The van der Waals surface area contributed by atoms with Crippen LogP contribution in [0, 0.1) is 0 Å². The molecule has 0 fully saturated rings. The Morgan fingerprint density at radius 2 is 1.77 bits per heavy atom. The highest BCUT2D eigenvalue weighted by atomic mass is 32.2. The number of aromatic nitrogens is 2. The van der Waals surface area contributed by atoms with Crippen LogP contribution in [0.4, 0.5) is 5.69 Å². The van der Waals surface area contributed by atoms with E-state index in [0.29, 0.717) is 40.5 Å². The van der Waals surface area contributed by atoms with Gasteiger partial charge in [-0.05, 0) is 36.8 Å². The molecule has 3 aromatic carbocycles. The average molecular weight is 488 g/mol. The number of hydrogen-bond donors (Lipinski definition) is 1. The number of hydrogen-bond acceptors (Lipinski definition) is 6. The summed E-state index contributed by atoms with van der Waals surface area (Å²) in [5.41, 5.74) is 2.17. The van der Waals surface area contributed by atoms with Crippen molar-refractivity contribution in [2.45, 2.75) is 23.9 Å². The molecule has 35 heavy (non-hydrogen) atoms. The first-order chi connectivity index (χ1) is 17.0. The minimum Gasteiger partial charge on any atom is -0.383 e. The van der Waals surface area contributed by atoms with Gasteiger partial charge in [0.25, 0.3) is 5.56 Å². The number of rotatable bonds is 9. The molecule has 4 aromatic rings. The van der Waals surface area contributed by atoms with Gasteiger partial charge in [-0.25, -0.2) is 4.98 Å². The van der Waals surface area contributed by atoms with E-state index >= 15 is 0 Å². The summed E-state index contributed by atoms with van der Waals surface area (Å²) in [6.45, 7) is 2.11. The number of amides is 1. The van der Waals surface area contributed by atoms with Gasteiger partial charge in [0.2, 0.25) is 5.91 Å². The number of fused-ring (bicyclic) bond motifs is 1. The number of para-hydroxylation sites is 1. The number of carbonyl (C=O) groups is 2. The Morgan fingerprint density at radius 1 is 1.03 bits per heavy atom. The molecule has 1 heterocycles. The van der Waals surface area contributed by atoms with E-state index in [9.17, 15) is 14.4 Å². The van der Waals surface area contributed by atoms with Crippen LogP contribution in [0.2, 0.25) is 0 Å². The van der Waals surface area contributed by atoms with E-state index < -0.39 is 5.25 Å². The lowest BCUT2D eigenvalue weighted by Gasteiger charge is -2.19. The molecule has 0 spiro atoms.